The van der Waals surface area contributed by atoms with Gasteiger partial charge in [0.15, 0.2) is 0 Å². The molecule has 24 heavy (non-hydrogen) atoms. The highest BCUT2D eigenvalue weighted by Gasteiger charge is 2.07. The van der Waals surface area contributed by atoms with Gasteiger partial charge in [-0.2, -0.15) is 0 Å². The van der Waals surface area contributed by atoms with Gasteiger partial charge in [0, 0.05) is 28.6 Å². The average Bonchev–Trinajstić information content (AvgIpc) is 2.59. The molecule has 1 aromatic heterocycles. The maximum absolute atomic E-state index is 6.12. The lowest BCUT2D eigenvalue weighted by molar-refractivity contribution is 0.117. The van der Waals surface area contributed by atoms with Crippen molar-refractivity contribution in [1.82, 2.24) is 4.90 Å². The van der Waals surface area contributed by atoms with Crippen LogP contribution < -0.4 is 5.36 Å². The molecule has 0 radical (unpaired) electrons. The quantitative estimate of drug-likeness (QED) is 0.516. The molecule has 0 fully saturated rings. The predicted molar refractivity (Wildman–Crippen MR) is 96.7 cm³/mol. The summed E-state index contributed by atoms with van der Waals surface area (Å²) in [5.41, 5.74) is 1.70. The molecule has 0 aliphatic rings. The maximum atomic E-state index is 6.12. The van der Waals surface area contributed by atoms with Crippen molar-refractivity contribution in [3.8, 4) is 11.3 Å². The molecule has 0 aliphatic carbocycles. The largest absolute Gasteiger partial charge is 0.456 e. The van der Waals surface area contributed by atoms with E-state index < -0.39 is 0 Å². The van der Waals surface area contributed by atoms with E-state index in [1.807, 2.05) is 67.5 Å². The van der Waals surface area contributed by atoms with Gasteiger partial charge in [-0.15, -0.1) is 0 Å². The van der Waals surface area contributed by atoms with Crippen LogP contribution in [0.3, 0.4) is 0 Å². The van der Waals surface area contributed by atoms with Crippen LogP contribution in [0.25, 0.3) is 22.3 Å². The normalized spacial score (nSPS) is 12.1. The molecule has 0 N–H and O–H groups in total. The topological polar surface area (TPSA) is 38.0 Å². The highest BCUT2D eigenvalue weighted by molar-refractivity contribution is 6.31. The zero-order valence-electron chi connectivity index (χ0n) is 13.7. The monoisotopic (exact) mass is 342 g/mol. The maximum Gasteiger partial charge on any atom is 0.137 e. The molecule has 2 aromatic carbocycles. The van der Waals surface area contributed by atoms with Crippen LogP contribution in [0, 0.1) is 0 Å². The van der Waals surface area contributed by atoms with Gasteiger partial charge in [0.1, 0.15) is 23.3 Å². The zero-order valence-corrected chi connectivity index (χ0v) is 14.5. The number of benzene rings is 2. The van der Waals surface area contributed by atoms with Gasteiger partial charge < -0.3 is 14.2 Å². The minimum absolute atomic E-state index is 0.516. The van der Waals surface area contributed by atoms with Crippen molar-refractivity contribution in [3.63, 3.8) is 0 Å². The first kappa shape index (κ1) is 16.6. The van der Waals surface area contributed by atoms with Crippen molar-refractivity contribution in [2.45, 2.75) is 0 Å². The second-order valence-corrected chi connectivity index (χ2v) is 6.17. The molecule has 0 spiro atoms. The Labute approximate surface area is 145 Å². The summed E-state index contributed by atoms with van der Waals surface area (Å²) in [6, 6.07) is 17.3. The van der Waals surface area contributed by atoms with Crippen molar-refractivity contribution in [3.05, 3.63) is 65.0 Å². The van der Waals surface area contributed by atoms with Crippen molar-refractivity contribution in [2.75, 3.05) is 27.2 Å². The summed E-state index contributed by atoms with van der Waals surface area (Å²) in [5, 5.41) is 6.45. The number of hydrogen-bond donors (Lipinski definition) is 0. The Morgan fingerprint density at radius 2 is 1.88 bits per heavy atom. The van der Waals surface area contributed by atoms with Gasteiger partial charge >= 0.3 is 0 Å². The number of hydrogen-bond acceptors (Lipinski definition) is 4. The standard InChI is InChI=1S/C19H19ClN2O2/c1-22(2)10-11-23-21-17-13-19(14-6-4-3-5-7-14)24-18-9-8-15(20)12-16(17)18/h3-9,12-13H,10-11H2,1-2H3/b21-17-. The fourth-order valence-corrected chi connectivity index (χ4v) is 2.47. The van der Waals surface area contributed by atoms with Gasteiger partial charge in [-0.25, -0.2) is 0 Å². The first-order valence-electron chi connectivity index (χ1n) is 7.73. The molecule has 0 saturated carbocycles. The van der Waals surface area contributed by atoms with E-state index in [0.717, 1.165) is 28.8 Å². The van der Waals surface area contributed by atoms with Crippen molar-refractivity contribution in [2.24, 2.45) is 5.16 Å². The number of nitrogens with zero attached hydrogens (tertiary/aromatic N) is 2. The summed E-state index contributed by atoms with van der Waals surface area (Å²) in [6.07, 6.45) is 0. The fraction of sp³-hybridized carbons (Fsp3) is 0.211. The highest BCUT2D eigenvalue weighted by Crippen LogP contribution is 2.23. The van der Waals surface area contributed by atoms with E-state index in [-0.39, 0.29) is 0 Å². The lowest BCUT2D eigenvalue weighted by Crippen LogP contribution is -2.17. The third-order valence-corrected chi connectivity index (χ3v) is 3.79. The van der Waals surface area contributed by atoms with Gasteiger partial charge in [0.25, 0.3) is 0 Å². The predicted octanol–water partition coefficient (Wildman–Crippen LogP) is 4.15. The summed E-state index contributed by atoms with van der Waals surface area (Å²) in [5.74, 6) is 0.736. The Morgan fingerprint density at radius 3 is 2.62 bits per heavy atom. The summed E-state index contributed by atoms with van der Waals surface area (Å²) < 4.78 is 6.01. The minimum Gasteiger partial charge on any atom is -0.456 e. The van der Waals surface area contributed by atoms with E-state index >= 15 is 0 Å². The molecule has 0 saturated heterocycles. The second-order valence-electron chi connectivity index (χ2n) is 5.73. The summed E-state index contributed by atoms with van der Waals surface area (Å²) in [6.45, 7) is 1.31. The van der Waals surface area contributed by atoms with Crippen LogP contribution in [0.2, 0.25) is 5.02 Å². The average molecular weight is 343 g/mol. The van der Waals surface area contributed by atoms with Crippen LogP contribution in [-0.2, 0) is 4.84 Å². The molecule has 0 atom stereocenters. The van der Waals surface area contributed by atoms with Gasteiger partial charge in [-0.3, -0.25) is 0 Å². The van der Waals surface area contributed by atoms with Crippen LogP contribution in [0.5, 0.6) is 0 Å². The van der Waals surface area contributed by atoms with E-state index in [1.54, 1.807) is 6.07 Å². The van der Waals surface area contributed by atoms with E-state index in [4.69, 9.17) is 20.9 Å². The Balaban J connectivity index is 2.07. The lowest BCUT2D eigenvalue weighted by Gasteiger charge is -2.08. The number of rotatable bonds is 5. The molecular weight excluding hydrogens is 324 g/mol. The Kier molecular flexibility index (Phi) is 5.18. The van der Waals surface area contributed by atoms with Crippen LogP contribution in [-0.4, -0.2) is 32.1 Å². The zero-order chi connectivity index (χ0) is 16.9. The molecule has 0 unspecified atom stereocenters. The van der Waals surface area contributed by atoms with Crippen LogP contribution in [0.4, 0.5) is 0 Å². The molecule has 0 bridgehead atoms. The molecule has 4 nitrogen and oxygen atoms in total. The molecule has 1 heterocycles. The number of halogens is 1. The SMILES string of the molecule is CN(C)CCO/N=c1/cc(-c2ccccc2)oc2ccc(Cl)cc12. The number of likely N-dealkylation sites (N-methyl/N-ethyl adjacent to an activating group) is 1. The summed E-state index contributed by atoms with van der Waals surface area (Å²) in [4.78, 5) is 7.51. The number of fused-ring (bicyclic) bond motifs is 1. The Morgan fingerprint density at radius 1 is 1.08 bits per heavy atom. The Bertz CT molecular complexity index is 889. The summed E-state index contributed by atoms with van der Waals surface area (Å²) in [7, 11) is 3.99. The minimum atomic E-state index is 0.516. The van der Waals surface area contributed by atoms with Crippen molar-refractivity contribution >= 4 is 22.6 Å². The van der Waals surface area contributed by atoms with Gasteiger partial charge in [0.2, 0.25) is 0 Å². The van der Waals surface area contributed by atoms with Crippen LogP contribution >= 0.6 is 11.6 Å². The first-order valence-corrected chi connectivity index (χ1v) is 8.11. The van der Waals surface area contributed by atoms with E-state index in [0.29, 0.717) is 17.0 Å². The summed E-state index contributed by atoms with van der Waals surface area (Å²) >= 11 is 6.12. The second kappa shape index (κ2) is 7.51. The van der Waals surface area contributed by atoms with Gasteiger partial charge in [0.05, 0.1) is 0 Å². The molecule has 0 aliphatic heterocycles. The molecule has 5 heteroatoms. The first-order chi connectivity index (χ1) is 11.6. The van der Waals surface area contributed by atoms with Gasteiger partial charge in [-0.05, 0) is 32.3 Å². The van der Waals surface area contributed by atoms with Crippen LogP contribution in [0.15, 0.2) is 64.2 Å². The highest BCUT2D eigenvalue weighted by atomic mass is 35.5. The van der Waals surface area contributed by atoms with E-state index in [9.17, 15) is 0 Å². The van der Waals surface area contributed by atoms with Crippen molar-refractivity contribution in [1.29, 1.82) is 0 Å². The molecule has 124 valence electrons. The molecular formula is C19H19ClN2O2. The van der Waals surface area contributed by atoms with E-state index in [1.165, 1.54) is 0 Å². The fourth-order valence-electron chi connectivity index (χ4n) is 2.30. The third kappa shape index (κ3) is 3.96. The van der Waals surface area contributed by atoms with Crippen LogP contribution in [0.1, 0.15) is 0 Å². The molecule has 0 amide bonds. The Hall–Kier alpha value is -2.30. The van der Waals surface area contributed by atoms with E-state index in [2.05, 4.69) is 5.16 Å². The third-order valence-electron chi connectivity index (χ3n) is 3.56. The lowest BCUT2D eigenvalue weighted by atomic mass is 10.1. The molecule has 3 rings (SSSR count). The van der Waals surface area contributed by atoms with Gasteiger partial charge in [-0.1, -0.05) is 47.1 Å². The van der Waals surface area contributed by atoms with Crippen molar-refractivity contribution < 1.29 is 9.25 Å². The molecule has 3 aromatic rings. The smallest absolute Gasteiger partial charge is 0.137 e.